The van der Waals surface area contributed by atoms with E-state index in [4.69, 9.17) is 0 Å². The third-order valence-electron chi connectivity index (χ3n) is 5.21. The van der Waals surface area contributed by atoms with Gasteiger partial charge in [0.25, 0.3) is 5.91 Å². The number of aryl methyl sites for hydroxylation is 1. The van der Waals surface area contributed by atoms with Crippen LogP contribution in [-0.2, 0) is 10.0 Å². The van der Waals surface area contributed by atoms with Crippen LogP contribution in [0.3, 0.4) is 0 Å². The molecule has 0 radical (unpaired) electrons. The fourth-order valence-electron chi connectivity index (χ4n) is 3.60. The largest absolute Gasteiger partial charge is 0.298 e. The summed E-state index contributed by atoms with van der Waals surface area (Å²) in [6.45, 7) is 2.99. The number of hydrogen-bond donors (Lipinski definition) is 1. The molecule has 0 aliphatic carbocycles. The number of aromatic nitrogens is 1. The van der Waals surface area contributed by atoms with E-state index in [9.17, 15) is 13.2 Å². The lowest BCUT2D eigenvalue weighted by molar-refractivity contribution is 0.102. The topological polar surface area (TPSA) is 79.4 Å². The molecule has 8 heteroatoms. The fourth-order valence-corrected chi connectivity index (χ4v) is 6.01. The van der Waals surface area contributed by atoms with Crippen LogP contribution in [0.2, 0.25) is 0 Å². The number of thiazole rings is 1. The van der Waals surface area contributed by atoms with Gasteiger partial charge in [-0.3, -0.25) is 10.1 Å². The first-order valence-corrected chi connectivity index (χ1v) is 12.2. The van der Waals surface area contributed by atoms with Crippen molar-refractivity contribution in [3.8, 4) is 11.3 Å². The van der Waals surface area contributed by atoms with Gasteiger partial charge in [0.15, 0.2) is 5.13 Å². The van der Waals surface area contributed by atoms with Crippen molar-refractivity contribution in [1.82, 2.24) is 9.29 Å². The van der Waals surface area contributed by atoms with Crippen molar-refractivity contribution in [3.63, 3.8) is 0 Å². The smallest absolute Gasteiger partial charge is 0.258 e. The number of amides is 1. The Morgan fingerprint density at radius 1 is 1.03 bits per heavy atom. The van der Waals surface area contributed by atoms with Gasteiger partial charge in [0, 0.05) is 24.0 Å². The van der Waals surface area contributed by atoms with Gasteiger partial charge in [-0.25, -0.2) is 13.4 Å². The number of sulfonamides is 1. The van der Waals surface area contributed by atoms with Crippen molar-refractivity contribution in [2.24, 2.45) is 0 Å². The summed E-state index contributed by atoms with van der Waals surface area (Å²) in [6.07, 6.45) is 2.71. The Labute approximate surface area is 180 Å². The molecule has 0 saturated carbocycles. The first kappa shape index (κ1) is 20.7. The minimum absolute atomic E-state index is 0.0417. The molecule has 0 unspecified atom stereocenters. The monoisotopic (exact) mass is 441 g/mol. The number of nitrogens with zero attached hydrogens (tertiary/aromatic N) is 2. The molecule has 30 heavy (non-hydrogen) atoms. The van der Waals surface area contributed by atoms with E-state index in [0.717, 1.165) is 36.1 Å². The van der Waals surface area contributed by atoms with E-state index in [1.54, 1.807) is 18.2 Å². The van der Waals surface area contributed by atoms with Crippen molar-refractivity contribution < 1.29 is 13.2 Å². The molecule has 1 saturated heterocycles. The molecule has 1 N–H and O–H groups in total. The highest BCUT2D eigenvalue weighted by Gasteiger charge is 2.30. The van der Waals surface area contributed by atoms with Gasteiger partial charge in [0.1, 0.15) is 0 Å². The number of nitrogens with one attached hydrogen (secondary N) is 1. The van der Waals surface area contributed by atoms with Gasteiger partial charge in [-0.15, -0.1) is 11.3 Å². The number of carbonyl (C=O) groups is 1. The van der Waals surface area contributed by atoms with Crippen LogP contribution < -0.4 is 5.32 Å². The lowest BCUT2D eigenvalue weighted by Crippen LogP contribution is -2.36. The van der Waals surface area contributed by atoms with E-state index in [-0.39, 0.29) is 10.5 Å². The third-order valence-corrected chi connectivity index (χ3v) is 7.92. The van der Waals surface area contributed by atoms with Crippen LogP contribution in [0.4, 0.5) is 5.13 Å². The normalized spacial score (nSPS) is 15.1. The molecule has 6 nitrogen and oxygen atoms in total. The Hall–Kier alpha value is -2.55. The zero-order chi connectivity index (χ0) is 21.1. The molecule has 0 spiro atoms. The van der Waals surface area contributed by atoms with Crippen molar-refractivity contribution >= 4 is 32.4 Å². The summed E-state index contributed by atoms with van der Waals surface area (Å²) in [7, 11) is -3.72. The lowest BCUT2D eigenvalue weighted by Gasteiger charge is -2.26. The maximum atomic E-state index is 13.1. The second kappa shape index (κ2) is 8.67. The molecule has 0 bridgehead atoms. The van der Waals surface area contributed by atoms with Gasteiger partial charge < -0.3 is 0 Å². The second-order valence-corrected chi connectivity index (χ2v) is 10.0. The molecule has 3 aromatic rings. The van der Waals surface area contributed by atoms with E-state index < -0.39 is 15.9 Å². The lowest BCUT2D eigenvalue weighted by atomic mass is 10.1. The van der Waals surface area contributed by atoms with Gasteiger partial charge >= 0.3 is 0 Å². The van der Waals surface area contributed by atoms with E-state index >= 15 is 0 Å². The average molecular weight is 442 g/mol. The number of rotatable bonds is 5. The SMILES string of the molecule is Cc1ccccc1-c1csc(NC(=O)c2ccccc2S(=O)(=O)N2CCCCC2)n1. The maximum Gasteiger partial charge on any atom is 0.258 e. The Morgan fingerprint density at radius 2 is 1.73 bits per heavy atom. The number of piperidine rings is 1. The summed E-state index contributed by atoms with van der Waals surface area (Å²) < 4.78 is 27.7. The standard InChI is InChI=1S/C22H23N3O3S2/c1-16-9-3-4-10-17(16)19-15-29-22(23-19)24-21(26)18-11-5-6-12-20(18)30(27,28)25-13-7-2-8-14-25/h3-6,9-12,15H,2,7-8,13-14H2,1H3,(H,23,24,26). The van der Waals surface area contributed by atoms with Crippen LogP contribution in [0.15, 0.2) is 58.8 Å². The van der Waals surface area contributed by atoms with E-state index in [1.807, 2.05) is 36.6 Å². The second-order valence-electron chi connectivity index (χ2n) is 7.27. The number of anilines is 1. The molecule has 1 aromatic heterocycles. The van der Waals surface area contributed by atoms with Crippen molar-refractivity contribution in [3.05, 3.63) is 65.0 Å². The molecule has 2 aromatic carbocycles. The van der Waals surface area contributed by atoms with Gasteiger partial charge in [0.05, 0.1) is 16.2 Å². The molecule has 1 fully saturated rings. The van der Waals surface area contributed by atoms with Crippen molar-refractivity contribution in [1.29, 1.82) is 0 Å². The minimum Gasteiger partial charge on any atom is -0.298 e. The Balaban J connectivity index is 1.59. The number of carbonyl (C=O) groups excluding carboxylic acids is 1. The predicted molar refractivity (Wildman–Crippen MR) is 119 cm³/mol. The van der Waals surface area contributed by atoms with Crippen LogP contribution in [0, 0.1) is 6.92 Å². The Morgan fingerprint density at radius 3 is 2.50 bits per heavy atom. The molecular weight excluding hydrogens is 418 g/mol. The molecule has 156 valence electrons. The number of benzene rings is 2. The van der Waals surface area contributed by atoms with Crippen molar-refractivity contribution in [2.75, 3.05) is 18.4 Å². The van der Waals surface area contributed by atoms with Gasteiger partial charge in [-0.05, 0) is 37.5 Å². The zero-order valence-corrected chi connectivity index (χ0v) is 18.3. The fraction of sp³-hybridized carbons (Fsp3) is 0.273. The number of hydrogen-bond acceptors (Lipinski definition) is 5. The first-order valence-electron chi connectivity index (χ1n) is 9.89. The molecule has 1 aliphatic rings. The summed E-state index contributed by atoms with van der Waals surface area (Å²) in [5.74, 6) is -0.475. The highest BCUT2D eigenvalue weighted by atomic mass is 32.2. The van der Waals surface area contributed by atoms with E-state index in [2.05, 4.69) is 10.3 Å². The molecule has 1 amide bonds. The molecule has 2 heterocycles. The average Bonchev–Trinajstić information content (AvgIpc) is 3.23. The van der Waals surface area contributed by atoms with Crippen LogP contribution in [0.25, 0.3) is 11.3 Å². The summed E-state index contributed by atoms with van der Waals surface area (Å²) in [5, 5.41) is 5.09. The third kappa shape index (κ3) is 4.16. The summed E-state index contributed by atoms with van der Waals surface area (Å²) in [5.41, 5.74) is 3.01. The summed E-state index contributed by atoms with van der Waals surface area (Å²) >= 11 is 1.31. The van der Waals surface area contributed by atoms with Crippen molar-refractivity contribution in [2.45, 2.75) is 31.1 Å². The highest BCUT2D eigenvalue weighted by molar-refractivity contribution is 7.89. The quantitative estimate of drug-likeness (QED) is 0.630. The minimum atomic E-state index is -3.72. The zero-order valence-electron chi connectivity index (χ0n) is 16.7. The molecule has 0 atom stereocenters. The van der Waals surface area contributed by atoms with Crippen LogP contribution >= 0.6 is 11.3 Å². The maximum absolute atomic E-state index is 13.1. The highest BCUT2D eigenvalue weighted by Crippen LogP contribution is 2.28. The van der Waals surface area contributed by atoms with Crippen LogP contribution in [-0.4, -0.2) is 36.7 Å². The predicted octanol–water partition coefficient (Wildman–Crippen LogP) is 4.55. The van der Waals surface area contributed by atoms with Gasteiger partial charge in [-0.1, -0.05) is 42.8 Å². The van der Waals surface area contributed by atoms with Crippen LogP contribution in [0.5, 0.6) is 0 Å². The summed E-state index contributed by atoms with van der Waals surface area (Å²) in [4.78, 5) is 17.5. The summed E-state index contributed by atoms with van der Waals surface area (Å²) in [6, 6.07) is 14.3. The van der Waals surface area contributed by atoms with Crippen LogP contribution in [0.1, 0.15) is 35.2 Å². The van der Waals surface area contributed by atoms with E-state index in [1.165, 1.54) is 21.7 Å². The molecule has 4 rings (SSSR count). The first-order chi connectivity index (χ1) is 14.5. The van der Waals surface area contributed by atoms with Gasteiger partial charge in [0.2, 0.25) is 10.0 Å². The van der Waals surface area contributed by atoms with E-state index in [0.29, 0.717) is 18.2 Å². The molecule has 1 aliphatic heterocycles. The van der Waals surface area contributed by atoms with Gasteiger partial charge in [-0.2, -0.15) is 4.31 Å². The molecular formula is C22H23N3O3S2. The Kier molecular flexibility index (Phi) is 5.99. The Bertz CT molecular complexity index is 1170.